The third kappa shape index (κ3) is 20.2. The van der Waals surface area contributed by atoms with Gasteiger partial charge >= 0.3 is 6.16 Å². The van der Waals surface area contributed by atoms with Crippen LogP contribution in [0.25, 0.3) is 0 Å². The van der Waals surface area contributed by atoms with Crippen molar-refractivity contribution in [3.8, 4) is 11.8 Å². The zero-order chi connectivity index (χ0) is 52.2. The van der Waals surface area contributed by atoms with Gasteiger partial charge in [0.05, 0.1) is 0 Å². The molecule has 0 radical (unpaired) electrons. The van der Waals surface area contributed by atoms with Crippen LogP contribution in [-0.4, -0.2) is 51.1 Å². The second-order valence-corrected chi connectivity index (χ2v) is 25.6. The number of ether oxygens (including phenoxy) is 1. The molecular weight excluding hydrogens is 905 g/mol. The molecule has 5 rings (SSSR count). The number of hydrogen-bond donors (Lipinski definition) is 2. The maximum atomic E-state index is 14.2. The summed E-state index contributed by atoms with van der Waals surface area (Å²) in [6.45, 7) is 14.2. The molecule has 2 N–H and O–H groups in total. The summed E-state index contributed by atoms with van der Waals surface area (Å²) in [7, 11) is 0. The normalized spacial score (nSPS) is 26.0. The number of unbranched alkanes of at least 4 members (excludes halogenated alkanes) is 30. The summed E-state index contributed by atoms with van der Waals surface area (Å²) in [5.74, 6) is 3.75. The van der Waals surface area contributed by atoms with Crippen molar-refractivity contribution in [3.05, 3.63) is 12.1 Å². The van der Waals surface area contributed by atoms with E-state index in [1.54, 1.807) is 0 Å². The molecule has 4 aliphatic rings. The molecule has 0 aromatic carbocycles. The van der Waals surface area contributed by atoms with Crippen molar-refractivity contribution in [2.75, 3.05) is 13.1 Å². The fourth-order valence-corrected chi connectivity index (χ4v) is 15.8. The zero-order valence-corrected chi connectivity index (χ0v) is 48.4. The summed E-state index contributed by atoms with van der Waals surface area (Å²) in [4.78, 5) is 34.4. The summed E-state index contributed by atoms with van der Waals surface area (Å²) in [6, 6.07) is 2.55. The minimum atomic E-state index is -0.885. The minimum absolute atomic E-state index is 0.214. The predicted octanol–water partition coefficient (Wildman–Crippen LogP) is 19.3. The van der Waals surface area contributed by atoms with E-state index in [9.17, 15) is 19.8 Å². The Labute approximate surface area is 449 Å². The van der Waals surface area contributed by atoms with Gasteiger partial charge in [0.1, 0.15) is 6.10 Å². The molecule has 4 saturated carbocycles. The van der Waals surface area contributed by atoms with Gasteiger partial charge in [0.25, 0.3) is 0 Å². The monoisotopic (exact) mass is 1020 g/mol. The van der Waals surface area contributed by atoms with E-state index in [-0.39, 0.29) is 23.3 Å². The molecule has 0 saturated heterocycles. The molecule has 1 aromatic heterocycles. The Bertz CT molecular complexity index is 1570. The second-order valence-electron chi connectivity index (χ2n) is 25.6. The topological polar surface area (TPSA) is 101 Å². The van der Waals surface area contributed by atoms with Gasteiger partial charge in [-0.2, -0.15) is 0 Å². The number of carbonyl (C=O) groups is 2. The van der Waals surface area contributed by atoms with E-state index in [0.717, 1.165) is 63.5 Å². The fraction of sp³-hybridized carbons (Fsp3) is 0.908. The first kappa shape index (κ1) is 61.5. The van der Waals surface area contributed by atoms with Crippen molar-refractivity contribution in [2.24, 2.45) is 46.3 Å². The maximum absolute atomic E-state index is 14.2. The van der Waals surface area contributed by atoms with Gasteiger partial charge in [0.15, 0.2) is 0 Å². The summed E-state index contributed by atoms with van der Waals surface area (Å²) in [5.41, 5.74) is 0.608. The Kier molecular flexibility index (Phi) is 29.0. The number of hydrogen-bond acceptors (Lipinski definition) is 6. The Balaban J connectivity index is 1.01. The average molecular weight is 1020 g/mol. The lowest BCUT2D eigenvalue weighted by Crippen LogP contribution is -2.54. The molecule has 3 unspecified atom stereocenters. The molecule has 73 heavy (non-hydrogen) atoms. The van der Waals surface area contributed by atoms with Crippen molar-refractivity contribution in [1.29, 1.82) is 0 Å². The van der Waals surface area contributed by atoms with Gasteiger partial charge in [0.2, 0.25) is 17.7 Å². The van der Waals surface area contributed by atoms with Crippen LogP contribution in [0, 0.1) is 46.3 Å². The lowest BCUT2D eigenvalue weighted by molar-refractivity contribution is -0.134. The average Bonchev–Trinajstić information content (AvgIpc) is 3.90. The molecule has 4 fully saturated rings. The summed E-state index contributed by atoms with van der Waals surface area (Å²) >= 11 is 0. The SMILES string of the molecule is CCCCCCCCCCCCCCCCCCN(CCCCCCCCCCCCCCCCCC)C(=O)CC[C@@H](C)[C@H]1CCC2C3CC[C@@H]4C[C@H](OC(=O)On5c(O)ccc5O)CC[C@]4(C)C3CC[C@@]21C. The van der Waals surface area contributed by atoms with Gasteiger partial charge in [-0.25, -0.2) is 4.79 Å². The van der Waals surface area contributed by atoms with Crippen LogP contribution in [0.4, 0.5) is 4.79 Å². The van der Waals surface area contributed by atoms with Crippen molar-refractivity contribution < 1.29 is 29.4 Å². The second kappa shape index (κ2) is 34.4. The largest absolute Gasteiger partial charge is 0.534 e. The standard InChI is InChI=1S/C65H116N2O6/c1-6-8-10-12-14-16-18-20-22-24-26-28-30-32-34-36-50-66(51-37-35-33-31-29-27-25-23-21-19-17-15-13-11-9-7-2)60(68)43-38-53(3)57-41-42-58-56-40-39-54-52-55(72-63(71)73-67-61(69)44-45-62(67)70)46-48-64(54,4)59(56)47-49-65(57,58)5/h44-45,53-59,69-70H,6-43,46-52H2,1-5H3/t53-,54-,55-,56?,57-,58?,59?,64+,65-/m1/s1. The van der Waals surface area contributed by atoms with E-state index >= 15 is 0 Å². The van der Waals surface area contributed by atoms with Gasteiger partial charge in [-0.1, -0.05) is 227 Å². The third-order valence-electron chi connectivity index (χ3n) is 20.3. The highest BCUT2D eigenvalue weighted by Crippen LogP contribution is 2.68. The molecule has 0 spiro atoms. The molecule has 1 aromatic rings. The Hall–Kier alpha value is -2.38. The Morgan fingerprint density at radius 2 is 1.00 bits per heavy atom. The van der Waals surface area contributed by atoms with Crippen molar-refractivity contribution in [3.63, 3.8) is 0 Å². The number of rotatable bonds is 40. The lowest BCUT2D eigenvalue weighted by atomic mass is 9.44. The molecule has 8 heteroatoms. The number of aromatic hydroxyl groups is 2. The molecule has 1 heterocycles. The van der Waals surface area contributed by atoms with Gasteiger partial charge in [-0.3, -0.25) is 9.63 Å². The summed E-state index contributed by atoms with van der Waals surface area (Å²) in [5, 5.41) is 19.8. The van der Waals surface area contributed by atoms with Crippen molar-refractivity contribution in [1.82, 2.24) is 9.63 Å². The molecule has 0 aliphatic heterocycles. The number of carbonyl (C=O) groups excluding carboxylic acids is 2. The highest BCUT2D eigenvalue weighted by atomic mass is 16.8. The minimum Gasteiger partial charge on any atom is -0.492 e. The Morgan fingerprint density at radius 3 is 1.47 bits per heavy atom. The quantitative estimate of drug-likeness (QED) is 0.0502. The van der Waals surface area contributed by atoms with E-state index in [0.29, 0.717) is 46.1 Å². The van der Waals surface area contributed by atoms with Crippen LogP contribution < -0.4 is 4.84 Å². The van der Waals surface area contributed by atoms with Gasteiger partial charge in [-0.15, -0.1) is 4.73 Å². The van der Waals surface area contributed by atoms with Gasteiger partial charge < -0.3 is 19.8 Å². The summed E-state index contributed by atoms with van der Waals surface area (Å²) < 4.78 is 6.48. The molecule has 9 atom stereocenters. The maximum Gasteiger partial charge on any atom is 0.534 e. The van der Waals surface area contributed by atoms with Crippen LogP contribution in [0.3, 0.4) is 0 Å². The lowest BCUT2D eigenvalue weighted by Gasteiger charge is -2.61. The molecule has 422 valence electrons. The molecular formula is C65H116N2O6. The van der Waals surface area contributed by atoms with Gasteiger partial charge in [-0.05, 0) is 123 Å². The van der Waals surface area contributed by atoms with E-state index in [1.807, 2.05) is 0 Å². The van der Waals surface area contributed by atoms with Crippen molar-refractivity contribution >= 4 is 12.1 Å². The first-order chi connectivity index (χ1) is 35.5. The van der Waals surface area contributed by atoms with Crippen molar-refractivity contribution in [2.45, 2.75) is 317 Å². The van der Waals surface area contributed by atoms with Crippen LogP contribution in [0.15, 0.2) is 12.1 Å². The predicted molar refractivity (Wildman–Crippen MR) is 304 cm³/mol. The Morgan fingerprint density at radius 1 is 0.575 bits per heavy atom. The van der Waals surface area contributed by atoms with Crippen LogP contribution in [-0.2, 0) is 9.53 Å². The number of amides is 1. The third-order valence-corrected chi connectivity index (χ3v) is 20.3. The van der Waals surface area contributed by atoms with E-state index in [4.69, 9.17) is 9.57 Å². The zero-order valence-electron chi connectivity index (χ0n) is 48.4. The summed E-state index contributed by atoms with van der Waals surface area (Å²) in [6.07, 6.45) is 55.2. The first-order valence-corrected chi connectivity index (χ1v) is 32.3. The number of fused-ring (bicyclic) bond motifs is 5. The first-order valence-electron chi connectivity index (χ1n) is 32.3. The molecule has 1 amide bonds. The molecule has 8 nitrogen and oxygen atoms in total. The van der Waals surface area contributed by atoms with E-state index in [1.165, 1.54) is 243 Å². The van der Waals surface area contributed by atoms with Crippen LogP contribution >= 0.6 is 0 Å². The fourth-order valence-electron chi connectivity index (χ4n) is 15.8. The van der Waals surface area contributed by atoms with Gasteiger partial charge in [0, 0.05) is 31.6 Å². The van der Waals surface area contributed by atoms with E-state index in [2.05, 4.69) is 39.5 Å². The highest BCUT2D eigenvalue weighted by molar-refractivity contribution is 5.76. The molecule has 4 aliphatic carbocycles. The number of aromatic nitrogens is 1. The van der Waals surface area contributed by atoms with Crippen LogP contribution in [0.1, 0.15) is 311 Å². The van der Waals surface area contributed by atoms with Crippen LogP contribution in [0.5, 0.6) is 11.8 Å². The number of nitrogens with zero attached hydrogens (tertiary/aromatic N) is 2. The molecule has 0 bridgehead atoms. The van der Waals surface area contributed by atoms with E-state index < -0.39 is 6.16 Å². The smallest absolute Gasteiger partial charge is 0.492 e. The highest BCUT2D eigenvalue weighted by Gasteiger charge is 2.61. The van der Waals surface area contributed by atoms with Crippen LogP contribution in [0.2, 0.25) is 0 Å².